The van der Waals surface area contributed by atoms with Gasteiger partial charge < -0.3 is 15.3 Å². The number of nitrogens with one attached hydrogen (secondary N) is 1. The normalized spacial score (nSPS) is 29.4. The Morgan fingerprint density at radius 2 is 1.71 bits per heavy atom. The zero-order valence-electron chi connectivity index (χ0n) is 13.9. The second-order valence-electron chi connectivity index (χ2n) is 6.82. The number of aliphatic hydroxyl groups is 1. The fraction of sp³-hybridized carbons (Fsp3) is 1.00. The van der Waals surface area contributed by atoms with Gasteiger partial charge in [0.2, 0.25) is 0 Å². The van der Waals surface area contributed by atoms with Crippen LogP contribution in [0.25, 0.3) is 0 Å². The first kappa shape index (κ1) is 17.2. The summed E-state index contributed by atoms with van der Waals surface area (Å²) in [4.78, 5) is 5.04. The Kier molecular flexibility index (Phi) is 8.01. The molecule has 4 heteroatoms. The lowest BCUT2D eigenvalue weighted by molar-refractivity contribution is 0.0940. The van der Waals surface area contributed by atoms with Gasteiger partial charge in [0.15, 0.2) is 0 Å². The summed E-state index contributed by atoms with van der Waals surface area (Å²) in [6.45, 7) is 10.5. The third-order valence-corrected chi connectivity index (χ3v) is 5.19. The van der Waals surface area contributed by atoms with E-state index >= 15 is 0 Å². The molecule has 124 valence electrons. The van der Waals surface area contributed by atoms with Crippen molar-refractivity contribution in [2.75, 3.05) is 52.4 Å². The lowest BCUT2D eigenvalue weighted by Gasteiger charge is -2.38. The molecule has 0 radical (unpaired) electrons. The van der Waals surface area contributed by atoms with Gasteiger partial charge in [-0.3, -0.25) is 4.90 Å². The van der Waals surface area contributed by atoms with E-state index in [0.29, 0.717) is 6.61 Å². The standard InChI is InChI=1S/C17H35N3O/c1-2-8-18-17-7-5-3-4-6-16(17)15-20-11-9-19(10-12-20)13-14-21/h16-18,21H,2-15H2,1H3. The van der Waals surface area contributed by atoms with Gasteiger partial charge in [0.25, 0.3) is 0 Å². The summed E-state index contributed by atoms with van der Waals surface area (Å²) in [6.07, 6.45) is 8.25. The SMILES string of the molecule is CCCNC1CCCCCC1CN1CCN(CCO)CC1. The van der Waals surface area contributed by atoms with Gasteiger partial charge in [-0.2, -0.15) is 0 Å². The molecule has 1 saturated heterocycles. The minimum Gasteiger partial charge on any atom is -0.395 e. The molecule has 2 rings (SSSR count). The minimum absolute atomic E-state index is 0.297. The van der Waals surface area contributed by atoms with Crippen molar-refractivity contribution >= 4 is 0 Å². The molecule has 1 aliphatic carbocycles. The van der Waals surface area contributed by atoms with Gasteiger partial charge in [-0.05, 0) is 31.7 Å². The smallest absolute Gasteiger partial charge is 0.0558 e. The fourth-order valence-electron chi connectivity index (χ4n) is 3.87. The zero-order valence-corrected chi connectivity index (χ0v) is 13.9. The third-order valence-electron chi connectivity index (χ3n) is 5.19. The minimum atomic E-state index is 0.297. The van der Waals surface area contributed by atoms with E-state index in [4.69, 9.17) is 5.11 Å². The first-order valence-electron chi connectivity index (χ1n) is 9.12. The van der Waals surface area contributed by atoms with E-state index in [1.54, 1.807) is 0 Å². The van der Waals surface area contributed by atoms with Crippen molar-refractivity contribution in [3.8, 4) is 0 Å². The Bertz CT molecular complexity index is 267. The van der Waals surface area contributed by atoms with Crippen LogP contribution in [0.1, 0.15) is 45.4 Å². The number of aliphatic hydroxyl groups excluding tert-OH is 1. The number of hydrogen-bond acceptors (Lipinski definition) is 4. The molecule has 0 aromatic heterocycles. The Balaban J connectivity index is 1.78. The lowest BCUT2D eigenvalue weighted by Crippen LogP contribution is -2.50. The molecule has 21 heavy (non-hydrogen) atoms. The van der Waals surface area contributed by atoms with Crippen molar-refractivity contribution in [2.45, 2.75) is 51.5 Å². The monoisotopic (exact) mass is 297 g/mol. The summed E-state index contributed by atoms with van der Waals surface area (Å²) in [5.41, 5.74) is 0. The summed E-state index contributed by atoms with van der Waals surface area (Å²) < 4.78 is 0. The highest BCUT2D eigenvalue weighted by atomic mass is 16.3. The van der Waals surface area contributed by atoms with Gasteiger partial charge in [-0.1, -0.05) is 26.2 Å². The molecule has 0 spiro atoms. The van der Waals surface area contributed by atoms with Crippen molar-refractivity contribution in [2.24, 2.45) is 5.92 Å². The first-order chi connectivity index (χ1) is 10.3. The second-order valence-corrected chi connectivity index (χ2v) is 6.82. The highest BCUT2D eigenvalue weighted by Crippen LogP contribution is 2.25. The second kappa shape index (κ2) is 9.78. The summed E-state index contributed by atoms with van der Waals surface area (Å²) in [7, 11) is 0. The molecular weight excluding hydrogens is 262 g/mol. The maximum Gasteiger partial charge on any atom is 0.0558 e. The van der Waals surface area contributed by atoms with E-state index in [9.17, 15) is 0 Å². The van der Waals surface area contributed by atoms with Gasteiger partial charge in [0.05, 0.1) is 6.61 Å². The third kappa shape index (κ3) is 5.85. The number of β-amino-alcohol motifs (C(OH)–C–C–N with tert-alkyl or cyclic N) is 1. The summed E-state index contributed by atoms with van der Waals surface area (Å²) >= 11 is 0. The van der Waals surface area contributed by atoms with Gasteiger partial charge >= 0.3 is 0 Å². The van der Waals surface area contributed by atoms with Crippen LogP contribution in [0, 0.1) is 5.92 Å². The molecule has 0 aromatic rings. The molecular formula is C17H35N3O. The van der Waals surface area contributed by atoms with Crippen molar-refractivity contribution in [3.05, 3.63) is 0 Å². The number of hydrogen-bond donors (Lipinski definition) is 2. The molecule has 2 unspecified atom stereocenters. The molecule has 0 aromatic carbocycles. The van der Waals surface area contributed by atoms with E-state index < -0.39 is 0 Å². The summed E-state index contributed by atoms with van der Waals surface area (Å²) in [5.74, 6) is 0.837. The van der Waals surface area contributed by atoms with Crippen LogP contribution in [0.5, 0.6) is 0 Å². The lowest BCUT2D eigenvalue weighted by atomic mass is 9.93. The van der Waals surface area contributed by atoms with Crippen LogP contribution in [0.4, 0.5) is 0 Å². The quantitative estimate of drug-likeness (QED) is 0.699. The van der Waals surface area contributed by atoms with E-state index in [0.717, 1.165) is 31.6 Å². The van der Waals surface area contributed by atoms with Crippen molar-refractivity contribution in [1.29, 1.82) is 0 Å². The number of rotatable bonds is 7. The predicted molar refractivity (Wildman–Crippen MR) is 88.6 cm³/mol. The molecule has 1 saturated carbocycles. The van der Waals surface area contributed by atoms with Crippen LogP contribution < -0.4 is 5.32 Å². The highest BCUT2D eigenvalue weighted by Gasteiger charge is 2.26. The number of piperazine rings is 1. The average molecular weight is 297 g/mol. The van der Waals surface area contributed by atoms with Gasteiger partial charge in [0, 0.05) is 45.3 Å². The Morgan fingerprint density at radius 3 is 2.43 bits per heavy atom. The Morgan fingerprint density at radius 1 is 1.00 bits per heavy atom. The molecule has 4 nitrogen and oxygen atoms in total. The fourth-order valence-corrected chi connectivity index (χ4v) is 3.87. The van der Waals surface area contributed by atoms with Gasteiger partial charge in [-0.15, -0.1) is 0 Å². The van der Waals surface area contributed by atoms with Crippen molar-refractivity contribution in [1.82, 2.24) is 15.1 Å². The summed E-state index contributed by atoms with van der Waals surface area (Å²) in [6, 6.07) is 0.739. The van der Waals surface area contributed by atoms with Crippen LogP contribution in [0.2, 0.25) is 0 Å². The van der Waals surface area contributed by atoms with Gasteiger partial charge in [-0.25, -0.2) is 0 Å². The van der Waals surface area contributed by atoms with Crippen LogP contribution in [-0.4, -0.2) is 73.4 Å². The number of nitrogens with zero attached hydrogens (tertiary/aromatic N) is 2. The molecule has 0 bridgehead atoms. The van der Waals surface area contributed by atoms with Crippen LogP contribution in [0.15, 0.2) is 0 Å². The molecule has 2 atom stereocenters. The van der Waals surface area contributed by atoms with E-state index in [1.165, 1.54) is 64.7 Å². The highest BCUT2D eigenvalue weighted by molar-refractivity contribution is 4.83. The van der Waals surface area contributed by atoms with Gasteiger partial charge in [0.1, 0.15) is 0 Å². The summed E-state index contributed by atoms with van der Waals surface area (Å²) in [5, 5.41) is 12.8. The molecule has 1 heterocycles. The Hall–Kier alpha value is -0.160. The largest absolute Gasteiger partial charge is 0.395 e. The molecule has 2 fully saturated rings. The topological polar surface area (TPSA) is 38.7 Å². The molecule has 2 N–H and O–H groups in total. The van der Waals surface area contributed by atoms with Crippen LogP contribution in [-0.2, 0) is 0 Å². The van der Waals surface area contributed by atoms with Crippen LogP contribution in [0.3, 0.4) is 0 Å². The molecule has 0 amide bonds. The van der Waals surface area contributed by atoms with E-state index in [1.807, 2.05) is 0 Å². The van der Waals surface area contributed by atoms with Crippen molar-refractivity contribution in [3.63, 3.8) is 0 Å². The van der Waals surface area contributed by atoms with Crippen molar-refractivity contribution < 1.29 is 5.11 Å². The maximum absolute atomic E-state index is 9.03. The average Bonchev–Trinajstić information content (AvgIpc) is 2.73. The van der Waals surface area contributed by atoms with E-state index in [2.05, 4.69) is 22.0 Å². The molecule has 2 aliphatic rings. The predicted octanol–water partition coefficient (Wildman–Crippen LogP) is 1.54. The van der Waals surface area contributed by atoms with Crippen LogP contribution >= 0.6 is 0 Å². The maximum atomic E-state index is 9.03. The van der Waals surface area contributed by atoms with E-state index in [-0.39, 0.29) is 0 Å². The first-order valence-corrected chi connectivity index (χ1v) is 9.12. The zero-order chi connectivity index (χ0) is 14.9. The Labute approximate surface area is 130 Å². The molecule has 1 aliphatic heterocycles.